The lowest BCUT2D eigenvalue weighted by Gasteiger charge is -2.56. The highest BCUT2D eigenvalue weighted by atomic mass is 19.1. The smallest absolute Gasteiger partial charge is 0.251 e. The lowest BCUT2D eigenvalue weighted by molar-refractivity contribution is -0.0928. The number of nitrogens with one attached hydrogen (secondary N) is 1. The third kappa shape index (κ3) is 4.03. The number of aliphatic hydroxyl groups is 2. The largest absolute Gasteiger partial charge is 0.396 e. The van der Waals surface area contributed by atoms with Crippen LogP contribution in [0.25, 0.3) is 0 Å². The molecule has 5 heteroatoms. The van der Waals surface area contributed by atoms with Gasteiger partial charge in [0.25, 0.3) is 5.91 Å². The molecule has 3 N–H and O–H groups in total. The van der Waals surface area contributed by atoms with Gasteiger partial charge in [-0.3, -0.25) is 4.79 Å². The molecule has 0 heterocycles. The van der Waals surface area contributed by atoms with Crippen LogP contribution in [0.2, 0.25) is 0 Å². The van der Waals surface area contributed by atoms with E-state index in [2.05, 4.69) is 25.7 Å². The topological polar surface area (TPSA) is 69.6 Å². The number of rotatable bonds is 5. The molecule has 1 aromatic carbocycles. The fraction of sp³-hybridized carbons (Fsp3) is 0.667. The number of carbonyl (C=O) groups is 1. The quantitative estimate of drug-likeness (QED) is 0.577. The molecule has 7 atom stereocenters. The van der Waals surface area contributed by atoms with E-state index in [0.29, 0.717) is 30.4 Å². The molecule has 0 bridgehead atoms. The number of amides is 1. The second-order valence-electron chi connectivity index (χ2n) is 11.0. The second kappa shape index (κ2) is 8.90. The van der Waals surface area contributed by atoms with Crippen molar-refractivity contribution in [2.75, 3.05) is 13.2 Å². The Hall–Kier alpha value is -1.72. The van der Waals surface area contributed by atoms with Gasteiger partial charge in [-0.25, -0.2) is 4.39 Å². The van der Waals surface area contributed by atoms with Gasteiger partial charge in [-0.1, -0.05) is 26.0 Å². The maximum atomic E-state index is 13.3. The average Bonchev–Trinajstić information content (AvgIpc) is 3.08. The maximum Gasteiger partial charge on any atom is 0.251 e. The first-order valence-electron chi connectivity index (χ1n) is 12.2. The number of hydrogen-bond acceptors (Lipinski definition) is 3. The summed E-state index contributed by atoms with van der Waals surface area (Å²) in [6, 6.07) is 5.68. The van der Waals surface area contributed by atoms with Crippen LogP contribution in [0.1, 0.15) is 69.2 Å². The molecule has 0 aliphatic heterocycles. The van der Waals surface area contributed by atoms with Crippen molar-refractivity contribution in [3.8, 4) is 0 Å². The van der Waals surface area contributed by atoms with Crippen LogP contribution >= 0.6 is 0 Å². The molecule has 3 fully saturated rings. The highest BCUT2D eigenvalue weighted by Gasteiger charge is 2.56. The zero-order valence-electron chi connectivity index (χ0n) is 19.4. The molecule has 0 saturated heterocycles. The molecule has 4 rings (SSSR count). The Morgan fingerprint density at radius 2 is 1.88 bits per heavy atom. The van der Waals surface area contributed by atoms with Gasteiger partial charge in [-0.05, 0) is 104 Å². The summed E-state index contributed by atoms with van der Waals surface area (Å²) >= 11 is 0. The number of hydrogen-bond donors (Lipinski definition) is 3. The van der Waals surface area contributed by atoms with Crippen molar-refractivity contribution in [3.63, 3.8) is 0 Å². The van der Waals surface area contributed by atoms with Crippen LogP contribution in [0.5, 0.6) is 0 Å². The lowest BCUT2D eigenvalue weighted by Crippen LogP contribution is -2.53. The van der Waals surface area contributed by atoms with Gasteiger partial charge in [-0.2, -0.15) is 0 Å². The summed E-state index contributed by atoms with van der Waals surface area (Å²) in [6.45, 7) is 9.70. The van der Waals surface area contributed by atoms with Gasteiger partial charge < -0.3 is 15.5 Å². The van der Waals surface area contributed by atoms with Crippen LogP contribution in [-0.2, 0) is 0 Å². The van der Waals surface area contributed by atoms with E-state index in [4.69, 9.17) is 0 Å². The predicted molar refractivity (Wildman–Crippen MR) is 123 cm³/mol. The Labute approximate surface area is 191 Å². The zero-order valence-corrected chi connectivity index (χ0v) is 19.4. The van der Waals surface area contributed by atoms with Crippen LogP contribution in [0.4, 0.5) is 4.39 Å². The van der Waals surface area contributed by atoms with E-state index in [-0.39, 0.29) is 47.1 Å². The van der Waals surface area contributed by atoms with Crippen molar-refractivity contribution in [1.82, 2.24) is 5.32 Å². The fourth-order valence-corrected chi connectivity index (χ4v) is 7.38. The molecule has 1 amide bonds. The Morgan fingerprint density at radius 1 is 1.16 bits per heavy atom. The van der Waals surface area contributed by atoms with Crippen LogP contribution in [0.3, 0.4) is 0 Å². The highest BCUT2D eigenvalue weighted by molar-refractivity contribution is 5.94. The molecule has 3 aliphatic rings. The second-order valence-corrected chi connectivity index (χ2v) is 11.0. The minimum Gasteiger partial charge on any atom is -0.396 e. The van der Waals surface area contributed by atoms with Crippen molar-refractivity contribution < 1.29 is 19.4 Å². The van der Waals surface area contributed by atoms with Crippen molar-refractivity contribution in [1.29, 1.82) is 0 Å². The minimum absolute atomic E-state index is 0.0650. The van der Waals surface area contributed by atoms with Crippen LogP contribution in [-0.4, -0.2) is 35.4 Å². The van der Waals surface area contributed by atoms with E-state index < -0.39 is 0 Å². The number of aliphatic hydroxyl groups excluding tert-OH is 2. The van der Waals surface area contributed by atoms with Crippen LogP contribution in [0, 0.1) is 40.3 Å². The van der Waals surface area contributed by atoms with Gasteiger partial charge in [0.2, 0.25) is 0 Å². The molecule has 0 spiro atoms. The van der Waals surface area contributed by atoms with E-state index in [1.807, 2.05) is 0 Å². The normalized spacial score (nSPS) is 39.5. The van der Waals surface area contributed by atoms with E-state index in [0.717, 1.165) is 38.5 Å². The average molecular weight is 444 g/mol. The Bertz CT molecular complexity index is 855. The summed E-state index contributed by atoms with van der Waals surface area (Å²) in [6.07, 6.45) is 6.25. The number of allylic oxidation sites excluding steroid dienone is 1. The van der Waals surface area contributed by atoms with Gasteiger partial charge in [0.1, 0.15) is 5.82 Å². The van der Waals surface area contributed by atoms with Crippen molar-refractivity contribution in [3.05, 3.63) is 47.8 Å². The van der Waals surface area contributed by atoms with Crippen molar-refractivity contribution in [2.45, 2.75) is 64.9 Å². The van der Waals surface area contributed by atoms with Gasteiger partial charge in [0, 0.05) is 18.7 Å². The monoisotopic (exact) mass is 443 g/mol. The van der Waals surface area contributed by atoms with Crippen LogP contribution in [0.15, 0.2) is 36.4 Å². The van der Waals surface area contributed by atoms with E-state index in [1.54, 1.807) is 0 Å². The molecule has 1 aromatic rings. The molecule has 0 aromatic heterocycles. The molecule has 7 unspecified atom stereocenters. The molecule has 176 valence electrons. The summed E-state index contributed by atoms with van der Waals surface area (Å²) < 4.78 is 13.3. The molecular formula is C27H38FNO3. The maximum absolute atomic E-state index is 13.3. The number of benzene rings is 1. The standard InChI is InChI=1S/C27H38FNO3/c1-17-4-9-23-22(15-29-25(32)18-5-7-20(28)8-6-18)24(11-13-26(17,23)2)27(3)12-10-21(31)14-19(27)16-30/h5-8,19,21-24,30-31H,1,4,9-16H2,2-3H3,(H,29,32). The number of fused-ring (bicyclic) bond motifs is 1. The molecule has 0 radical (unpaired) electrons. The van der Waals surface area contributed by atoms with Crippen molar-refractivity contribution >= 4 is 5.91 Å². The van der Waals surface area contributed by atoms with Crippen molar-refractivity contribution in [2.24, 2.45) is 34.5 Å². The minimum atomic E-state index is -0.350. The summed E-state index contributed by atoms with van der Waals surface area (Å²) in [7, 11) is 0. The van der Waals surface area contributed by atoms with Gasteiger partial charge >= 0.3 is 0 Å². The first-order valence-corrected chi connectivity index (χ1v) is 12.2. The Balaban J connectivity index is 1.60. The van der Waals surface area contributed by atoms with Crippen LogP contribution < -0.4 is 5.32 Å². The predicted octanol–water partition coefficient (Wildman–Crippen LogP) is 4.71. The SMILES string of the molecule is C=C1CCC2C(CNC(=O)c3ccc(F)cc3)C(C3(C)CCC(O)CC3CO)CCC12C. The third-order valence-electron chi connectivity index (χ3n) is 9.57. The molecular weight excluding hydrogens is 405 g/mol. The third-order valence-corrected chi connectivity index (χ3v) is 9.57. The van der Waals surface area contributed by atoms with E-state index in [1.165, 1.54) is 29.8 Å². The molecule has 4 nitrogen and oxygen atoms in total. The summed E-state index contributed by atoms with van der Waals surface area (Å²) in [5.74, 6) is 0.648. The lowest BCUT2D eigenvalue weighted by atomic mass is 9.49. The highest BCUT2D eigenvalue weighted by Crippen LogP contribution is 2.63. The summed E-state index contributed by atoms with van der Waals surface area (Å²) in [5, 5.41) is 23.6. The molecule has 3 aliphatic carbocycles. The molecule has 3 saturated carbocycles. The van der Waals surface area contributed by atoms with Gasteiger partial charge in [0.15, 0.2) is 0 Å². The van der Waals surface area contributed by atoms with Gasteiger partial charge in [0.05, 0.1) is 6.10 Å². The van der Waals surface area contributed by atoms with E-state index in [9.17, 15) is 19.4 Å². The van der Waals surface area contributed by atoms with Gasteiger partial charge in [-0.15, -0.1) is 0 Å². The van der Waals surface area contributed by atoms with E-state index >= 15 is 0 Å². The Kier molecular flexibility index (Phi) is 6.52. The number of carbonyl (C=O) groups excluding carboxylic acids is 1. The summed E-state index contributed by atoms with van der Waals surface area (Å²) in [4.78, 5) is 12.8. The summed E-state index contributed by atoms with van der Waals surface area (Å²) in [5.41, 5.74) is 1.84. The first kappa shape index (κ1) is 23.4. The Morgan fingerprint density at radius 3 is 2.56 bits per heavy atom. The number of halogens is 1. The first-order chi connectivity index (χ1) is 15.2. The fourth-order valence-electron chi connectivity index (χ4n) is 7.38. The molecule has 32 heavy (non-hydrogen) atoms. The zero-order chi connectivity index (χ0) is 23.1.